The summed E-state index contributed by atoms with van der Waals surface area (Å²) in [6, 6.07) is 14.8. The highest BCUT2D eigenvalue weighted by Gasteiger charge is 2.26. The Morgan fingerprint density at radius 2 is 1.75 bits per heavy atom. The molecule has 28 heavy (non-hydrogen) atoms. The van der Waals surface area contributed by atoms with Crippen LogP contribution in [0.1, 0.15) is 41.6 Å². The molecular weight excluding hydrogens is 356 g/mol. The SMILES string of the molecule is CCOC(=O)c1ccccc1NC(=O)N1CCC(c2ccccc2OC)CC1. The van der Waals surface area contributed by atoms with E-state index in [9.17, 15) is 9.59 Å². The summed E-state index contributed by atoms with van der Waals surface area (Å²) in [6.07, 6.45) is 1.74. The third-order valence-corrected chi connectivity index (χ3v) is 5.02. The molecule has 0 spiro atoms. The van der Waals surface area contributed by atoms with Gasteiger partial charge in [0, 0.05) is 13.1 Å². The highest BCUT2D eigenvalue weighted by molar-refractivity contribution is 6.00. The summed E-state index contributed by atoms with van der Waals surface area (Å²) in [5, 5.41) is 2.86. The van der Waals surface area contributed by atoms with Crippen molar-refractivity contribution in [1.82, 2.24) is 4.90 Å². The van der Waals surface area contributed by atoms with Gasteiger partial charge in [-0.3, -0.25) is 0 Å². The monoisotopic (exact) mass is 382 g/mol. The first-order valence-corrected chi connectivity index (χ1v) is 9.59. The van der Waals surface area contributed by atoms with Crippen molar-refractivity contribution in [2.24, 2.45) is 0 Å². The highest BCUT2D eigenvalue weighted by Crippen LogP contribution is 2.34. The Balaban J connectivity index is 1.63. The molecule has 2 aromatic rings. The van der Waals surface area contributed by atoms with Crippen molar-refractivity contribution in [1.29, 1.82) is 0 Å². The number of para-hydroxylation sites is 2. The average molecular weight is 382 g/mol. The number of urea groups is 1. The Morgan fingerprint density at radius 1 is 1.07 bits per heavy atom. The van der Waals surface area contributed by atoms with Crippen molar-refractivity contribution < 1.29 is 19.1 Å². The molecule has 2 aromatic carbocycles. The van der Waals surface area contributed by atoms with Crippen molar-refractivity contribution in [2.75, 3.05) is 32.1 Å². The lowest BCUT2D eigenvalue weighted by Gasteiger charge is -2.32. The van der Waals surface area contributed by atoms with Crippen LogP contribution < -0.4 is 10.1 Å². The second-order valence-electron chi connectivity index (χ2n) is 6.70. The maximum atomic E-state index is 12.7. The summed E-state index contributed by atoms with van der Waals surface area (Å²) >= 11 is 0. The molecule has 1 heterocycles. The fraction of sp³-hybridized carbons (Fsp3) is 0.364. The van der Waals surface area contributed by atoms with E-state index >= 15 is 0 Å². The number of benzene rings is 2. The number of anilines is 1. The number of likely N-dealkylation sites (tertiary alicyclic amines) is 1. The number of nitrogens with zero attached hydrogens (tertiary/aromatic N) is 1. The molecular formula is C22H26N2O4. The normalized spacial score (nSPS) is 14.4. The zero-order chi connectivity index (χ0) is 19.9. The molecule has 1 fully saturated rings. The first kappa shape index (κ1) is 19.7. The fourth-order valence-electron chi connectivity index (χ4n) is 3.57. The number of piperidine rings is 1. The Labute approximate surface area is 165 Å². The van der Waals surface area contributed by atoms with E-state index in [0.29, 0.717) is 30.3 Å². The van der Waals surface area contributed by atoms with Crippen LogP contribution in [0.15, 0.2) is 48.5 Å². The third-order valence-electron chi connectivity index (χ3n) is 5.02. The number of esters is 1. The van der Waals surface area contributed by atoms with E-state index in [0.717, 1.165) is 18.6 Å². The van der Waals surface area contributed by atoms with Crippen LogP contribution in [0.25, 0.3) is 0 Å². The average Bonchev–Trinajstić information content (AvgIpc) is 2.74. The van der Waals surface area contributed by atoms with Gasteiger partial charge in [0.15, 0.2) is 0 Å². The van der Waals surface area contributed by atoms with E-state index in [1.54, 1.807) is 43.2 Å². The van der Waals surface area contributed by atoms with Gasteiger partial charge in [0.05, 0.1) is 25.0 Å². The van der Waals surface area contributed by atoms with Crippen LogP contribution in [0.4, 0.5) is 10.5 Å². The molecule has 2 amide bonds. The van der Waals surface area contributed by atoms with Crippen molar-refractivity contribution in [3.63, 3.8) is 0 Å². The maximum Gasteiger partial charge on any atom is 0.340 e. The number of carbonyl (C=O) groups is 2. The van der Waals surface area contributed by atoms with Gasteiger partial charge in [0.1, 0.15) is 5.75 Å². The van der Waals surface area contributed by atoms with Gasteiger partial charge in [-0.05, 0) is 49.4 Å². The predicted octanol–water partition coefficient (Wildman–Crippen LogP) is 4.28. The van der Waals surface area contributed by atoms with Crippen LogP contribution in [-0.4, -0.2) is 43.7 Å². The van der Waals surface area contributed by atoms with E-state index in [4.69, 9.17) is 9.47 Å². The molecule has 148 valence electrons. The number of amides is 2. The summed E-state index contributed by atoms with van der Waals surface area (Å²) in [6.45, 7) is 3.34. The Hall–Kier alpha value is -3.02. The van der Waals surface area contributed by atoms with E-state index < -0.39 is 5.97 Å². The summed E-state index contributed by atoms with van der Waals surface area (Å²) in [5.41, 5.74) is 2.03. The Morgan fingerprint density at radius 3 is 2.46 bits per heavy atom. The molecule has 1 aliphatic heterocycles. The van der Waals surface area contributed by atoms with Crippen molar-refractivity contribution >= 4 is 17.7 Å². The van der Waals surface area contributed by atoms with Crippen LogP contribution >= 0.6 is 0 Å². The van der Waals surface area contributed by atoms with Crippen LogP contribution in [0, 0.1) is 0 Å². The van der Waals surface area contributed by atoms with E-state index in [1.807, 2.05) is 18.2 Å². The van der Waals surface area contributed by atoms with Gasteiger partial charge in [-0.25, -0.2) is 9.59 Å². The van der Waals surface area contributed by atoms with Gasteiger partial charge >= 0.3 is 12.0 Å². The summed E-state index contributed by atoms with van der Waals surface area (Å²) < 4.78 is 10.5. The summed E-state index contributed by atoms with van der Waals surface area (Å²) in [5.74, 6) is 0.828. The molecule has 0 atom stereocenters. The molecule has 0 saturated carbocycles. The third kappa shape index (κ3) is 4.44. The standard InChI is InChI=1S/C22H26N2O4/c1-3-28-21(25)18-9-4-6-10-19(18)23-22(26)24-14-12-16(13-15-24)17-8-5-7-11-20(17)27-2/h4-11,16H,3,12-15H2,1-2H3,(H,23,26). The minimum absolute atomic E-state index is 0.199. The molecule has 0 aliphatic carbocycles. The first-order valence-electron chi connectivity index (χ1n) is 9.59. The molecule has 0 radical (unpaired) electrons. The minimum atomic E-state index is -0.437. The molecule has 1 saturated heterocycles. The molecule has 0 aromatic heterocycles. The molecule has 1 N–H and O–H groups in total. The van der Waals surface area contributed by atoms with Gasteiger partial charge in [-0.2, -0.15) is 0 Å². The van der Waals surface area contributed by atoms with Crippen LogP contribution in [0.2, 0.25) is 0 Å². The fourth-order valence-corrected chi connectivity index (χ4v) is 3.57. The minimum Gasteiger partial charge on any atom is -0.496 e. The molecule has 3 rings (SSSR count). The predicted molar refractivity (Wildman–Crippen MR) is 108 cm³/mol. The number of nitrogens with one attached hydrogen (secondary N) is 1. The Bertz CT molecular complexity index is 829. The number of carbonyl (C=O) groups excluding carboxylic acids is 2. The smallest absolute Gasteiger partial charge is 0.340 e. The lowest BCUT2D eigenvalue weighted by atomic mass is 9.89. The van der Waals surface area contributed by atoms with E-state index in [-0.39, 0.29) is 12.6 Å². The summed E-state index contributed by atoms with van der Waals surface area (Å²) in [7, 11) is 1.68. The van der Waals surface area contributed by atoms with Crippen LogP contribution in [0.3, 0.4) is 0 Å². The summed E-state index contributed by atoms with van der Waals surface area (Å²) in [4.78, 5) is 26.6. The van der Waals surface area contributed by atoms with Gasteiger partial charge in [0.2, 0.25) is 0 Å². The lowest BCUT2D eigenvalue weighted by molar-refractivity contribution is 0.0527. The van der Waals surface area contributed by atoms with Crippen LogP contribution in [-0.2, 0) is 4.74 Å². The number of hydrogen-bond acceptors (Lipinski definition) is 4. The maximum absolute atomic E-state index is 12.7. The van der Waals surface area contributed by atoms with Gasteiger partial charge in [0.25, 0.3) is 0 Å². The molecule has 6 heteroatoms. The van der Waals surface area contributed by atoms with Crippen molar-refractivity contribution in [2.45, 2.75) is 25.7 Å². The molecule has 0 bridgehead atoms. The quantitative estimate of drug-likeness (QED) is 0.784. The van der Waals surface area contributed by atoms with E-state index in [2.05, 4.69) is 11.4 Å². The van der Waals surface area contributed by atoms with Crippen molar-refractivity contribution in [3.05, 3.63) is 59.7 Å². The highest BCUT2D eigenvalue weighted by atomic mass is 16.5. The largest absolute Gasteiger partial charge is 0.496 e. The number of hydrogen-bond donors (Lipinski definition) is 1. The van der Waals surface area contributed by atoms with E-state index in [1.165, 1.54) is 5.56 Å². The number of ether oxygens (including phenoxy) is 2. The molecule has 6 nitrogen and oxygen atoms in total. The topological polar surface area (TPSA) is 67.9 Å². The number of methoxy groups -OCH3 is 1. The second-order valence-corrected chi connectivity index (χ2v) is 6.70. The Kier molecular flexibility index (Phi) is 6.53. The lowest BCUT2D eigenvalue weighted by Crippen LogP contribution is -2.40. The van der Waals surface area contributed by atoms with Gasteiger partial charge < -0.3 is 19.7 Å². The first-order chi connectivity index (χ1) is 13.6. The van der Waals surface area contributed by atoms with Gasteiger partial charge in [-0.1, -0.05) is 30.3 Å². The molecule has 1 aliphatic rings. The zero-order valence-corrected chi connectivity index (χ0v) is 16.3. The van der Waals surface area contributed by atoms with Crippen LogP contribution in [0.5, 0.6) is 5.75 Å². The number of rotatable bonds is 5. The van der Waals surface area contributed by atoms with Gasteiger partial charge in [-0.15, -0.1) is 0 Å². The van der Waals surface area contributed by atoms with Crippen molar-refractivity contribution in [3.8, 4) is 5.75 Å². The zero-order valence-electron chi connectivity index (χ0n) is 16.3. The second kappa shape index (κ2) is 9.26. The molecule has 0 unspecified atom stereocenters.